The van der Waals surface area contributed by atoms with Crippen molar-refractivity contribution in [2.45, 2.75) is 0 Å². The summed E-state index contributed by atoms with van der Waals surface area (Å²) in [4.78, 5) is 5.54. The lowest BCUT2D eigenvalue weighted by atomic mass is 10.5. The van der Waals surface area contributed by atoms with Crippen LogP contribution >= 0.6 is 11.6 Å². The number of likely N-dealkylation sites (N-methyl/N-ethyl adjacent to an activating group) is 1. The molecule has 1 aliphatic rings. The van der Waals surface area contributed by atoms with Crippen molar-refractivity contribution in [1.82, 2.24) is 4.90 Å². The van der Waals surface area contributed by atoms with E-state index in [2.05, 4.69) is 4.99 Å². The first kappa shape index (κ1) is 5.63. The lowest BCUT2D eigenvalue weighted by molar-refractivity contribution is 0.643. The molecule has 2 nitrogen and oxygen atoms in total. The Morgan fingerprint density at radius 2 is 2.50 bits per heavy atom. The van der Waals surface area contributed by atoms with E-state index in [0.29, 0.717) is 5.29 Å². The standard InChI is InChI=1S/C5H6ClN2/c1-8-4-2-3-7-5(8)6/h2-4H,1H3. The molecular weight excluding hydrogens is 124 g/mol. The molecule has 0 aromatic rings. The molecule has 0 atom stereocenters. The van der Waals surface area contributed by atoms with Gasteiger partial charge in [-0.1, -0.05) is 0 Å². The first-order valence-electron chi connectivity index (χ1n) is 2.27. The maximum absolute atomic E-state index is 5.56. The van der Waals surface area contributed by atoms with Gasteiger partial charge in [0.15, 0.2) is 5.29 Å². The Balaban J connectivity index is 2.66. The van der Waals surface area contributed by atoms with Gasteiger partial charge in [0.2, 0.25) is 0 Å². The van der Waals surface area contributed by atoms with E-state index in [-0.39, 0.29) is 0 Å². The van der Waals surface area contributed by atoms with Gasteiger partial charge in [0.1, 0.15) is 0 Å². The lowest BCUT2D eigenvalue weighted by Gasteiger charge is -2.14. The molecule has 3 heteroatoms. The van der Waals surface area contributed by atoms with Crippen LogP contribution in [0.25, 0.3) is 0 Å². The highest BCUT2D eigenvalue weighted by atomic mass is 35.5. The van der Waals surface area contributed by atoms with Gasteiger partial charge in [0.05, 0.1) is 6.54 Å². The van der Waals surface area contributed by atoms with E-state index in [0.717, 1.165) is 0 Å². The monoisotopic (exact) mass is 129 g/mol. The predicted molar refractivity (Wildman–Crippen MR) is 34.5 cm³/mol. The molecule has 0 saturated carbocycles. The Bertz CT molecular complexity index is 139. The van der Waals surface area contributed by atoms with Gasteiger partial charge in [0.25, 0.3) is 0 Å². The zero-order valence-corrected chi connectivity index (χ0v) is 5.26. The van der Waals surface area contributed by atoms with Gasteiger partial charge in [-0.2, -0.15) is 0 Å². The Labute approximate surface area is 53.5 Å². The summed E-state index contributed by atoms with van der Waals surface area (Å²) in [6, 6.07) is 0. The summed E-state index contributed by atoms with van der Waals surface area (Å²) in [5.41, 5.74) is 0. The van der Waals surface area contributed by atoms with Crippen molar-refractivity contribution in [3.8, 4) is 0 Å². The van der Waals surface area contributed by atoms with Crippen LogP contribution in [0.4, 0.5) is 0 Å². The van der Waals surface area contributed by atoms with Crippen LogP contribution in [-0.4, -0.2) is 17.2 Å². The van der Waals surface area contributed by atoms with Crippen molar-refractivity contribution >= 4 is 16.9 Å². The van der Waals surface area contributed by atoms with E-state index in [9.17, 15) is 0 Å². The minimum Gasteiger partial charge on any atom is -0.341 e. The van der Waals surface area contributed by atoms with Crippen molar-refractivity contribution in [3.05, 3.63) is 18.8 Å². The number of hydrogen-bond acceptors (Lipinski definition) is 2. The molecule has 1 radical (unpaired) electrons. The normalized spacial score (nSPS) is 18.8. The molecule has 8 heavy (non-hydrogen) atoms. The van der Waals surface area contributed by atoms with E-state index >= 15 is 0 Å². The topological polar surface area (TPSA) is 15.6 Å². The van der Waals surface area contributed by atoms with Gasteiger partial charge < -0.3 is 4.90 Å². The number of rotatable bonds is 0. The number of amidine groups is 1. The van der Waals surface area contributed by atoms with Gasteiger partial charge in [-0.05, 0) is 17.7 Å². The first-order chi connectivity index (χ1) is 3.80. The summed E-state index contributed by atoms with van der Waals surface area (Å²) in [6.07, 6.45) is 3.48. The molecule has 0 amide bonds. The molecule has 0 unspecified atom stereocenters. The van der Waals surface area contributed by atoms with Crippen LogP contribution < -0.4 is 0 Å². The molecule has 1 aliphatic heterocycles. The van der Waals surface area contributed by atoms with Crippen molar-refractivity contribution < 1.29 is 0 Å². The zero-order chi connectivity index (χ0) is 5.98. The highest BCUT2D eigenvalue weighted by Crippen LogP contribution is 2.02. The van der Waals surface area contributed by atoms with Crippen molar-refractivity contribution in [2.24, 2.45) is 4.99 Å². The van der Waals surface area contributed by atoms with Crippen molar-refractivity contribution in [2.75, 3.05) is 7.05 Å². The summed E-state index contributed by atoms with van der Waals surface area (Å²) in [5, 5.41) is 0.507. The largest absolute Gasteiger partial charge is 0.341 e. The van der Waals surface area contributed by atoms with Crippen LogP contribution in [0.2, 0.25) is 0 Å². The zero-order valence-electron chi connectivity index (χ0n) is 4.50. The summed E-state index contributed by atoms with van der Waals surface area (Å²) < 4.78 is 0. The fraction of sp³-hybridized carbons (Fsp3) is 0.200. The summed E-state index contributed by atoms with van der Waals surface area (Å²) in [7, 11) is 1.84. The first-order valence-corrected chi connectivity index (χ1v) is 2.64. The van der Waals surface area contributed by atoms with Crippen molar-refractivity contribution in [3.63, 3.8) is 0 Å². The van der Waals surface area contributed by atoms with E-state index in [4.69, 9.17) is 11.6 Å². The predicted octanol–water partition coefficient (Wildman–Crippen LogP) is 1.20. The molecule has 0 spiro atoms. The fourth-order valence-corrected chi connectivity index (χ4v) is 0.537. The quantitative estimate of drug-likeness (QED) is 0.449. The number of hydrogen-bond donors (Lipinski definition) is 0. The molecule has 0 saturated heterocycles. The molecule has 0 aromatic carbocycles. The molecule has 1 heterocycles. The summed E-state index contributed by atoms with van der Waals surface area (Å²) in [6.45, 7) is 1.84. The van der Waals surface area contributed by atoms with Crippen LogP contribution in [0, 0.1) is 6.54 Å². The number of nitrogens with zero attached hydrogens (tertiary/aromatic N) is 2. The minimum absolute atomic E-state index is 0.507. The Kier molecular flexibility index (Phi) is 1.53. The third kappa shape index (κ3) is 1.01. The molecule has 0 bridgehead atoms. The van der Waals surface area contributed by atoms with E-state index < -0.39 is 0 Å². The smallest absolute Gasteiger partial charge is 0.198 e. The van der Waals surface area contributed by atoms with E-state index in [1.807, 2.05) is 19.7 Å². The van der Waals surface area contributed by atoms with Gasteiger partial charge in [-0.3, -0.25) is 0 Å². The number of halogens is 1. The minimum atomic E-state index is 0.507. The second-order valence-corrected chi connectivity index (χ2v) is 1.84. The second kappa shape index (κ2) is 2.18. The molecule has 0 fully saturated rings. The molecular formula is C5H6ClN2. The van der Waals surface area contributed by atoms with Crippen molar-refractivity contribution in [1.29, 1.82) is 0 Å². The Hall–Kier alpha value is -0.500. The maximum Gasteiger partial charge on any atom is 0.198 e. The maximum atomic E-state index is 5.56. The Morgan fingerprint density at radius 3 is 2.88 bits per heavy atom. The van der Waals surface area contributed by atoms with E-state index in [1.54, 1.807) is 11.1 Å². The van der Waals surface area contributed by atoms with Gasteiger partial charge in [0, 0.05) is 13.2 Å². The molecule has 0 aliphatic carbocycles. The molecule has 1 rings (SSSR count). The third-order valence-electron chi connectivity index (χ3n) is 0.868. The average molecular weight is 130 g/mol. The fourth-order valence-electron chi connectivity index (χ4n) is 0.425. The number of aliphatic imine (C=N–C) groups is 1. The molecule has 0 N–H and O–H groups in total. The third-order valence-corrected chi connectivity index (χ3v) is 1.23. The van der Waals surface area contributed by atoms with E-state index in [1.165, 1.54) is 0 Å². The van der Waals surface area contributed by atoms with Crippen LogP contribution in [0.5, 0.6) is 0 Å². The molecule has 43 valence electrons. The van der Waals surface area contributed by atoms with Gasteiger partial charge >= 0.3 is 0 Å². The summed E-state index contributed by atoms with van der Waals surface area (Å²) >= 11 is 5.56. The Morgan fingerprint density at radius 1 is 1.75 bits per heavy atom. The van der Waals surface area contributed by atoms with Crippen LogP contribution in [0.1, 0.15) is 0 Å². The van der Waals surface area contributed by atoms with Gasteiger partial charge in [-0.25, -0.2) is 4.99 Å². The summed E-state index contributed by atoms with van der Waals surface area (Å²) in [5.74, 6) is 0. The SMILES string of the molecule is CN1[CH]C=CN=C1Cl. The van der Waals surface area contributed by atoms with Gasteiger partial charge in [-0.15, -0.1) is 0 Å². The van der Waals surface area contributed by atoms with Crippen LogP contribution in [0.3, 0.4) is 0 Å². The van der Waals surface area contributed by atoms with Crippen LogP contribution in [0.15, 0.2) is 17.3 Å². The highest BCUT2D eigenvalue weighted by molar-refractivity contribution is 6.64. The second-order valence-electron chi connectivity index (χ2n) is 1.50. The van der Waals surface area contributed by atoms with Crippen LogP contribution in [-0.2, 0) is 0 Å². The lowest BCUT2D eigenvalue weighted by Crippen LogP contribution is -2.19. The average Bonchev–Trinajstić information content (AvgIpc) is 1.77. The highest BCUT2D eigenvalue weighted by Gasteiger charge is 2.01. The molecule has 0 aromatic heterocycles.